The summed E-state index contributed by atoms with van der Waals surface area (Å²) < 4.78 is 2.16. The molecule has 0 amide bonds. The second-order valence-electron chi connectivity index (χ2n) is 9.78. The number of rotatable bonds is 5. The van der Waals surface area contributed by atoms with Crippen LogP contribution in [0.3, 0.4) is 0 Å². The van der Waals surface area contributed by atoms with Gasteiger partial charge in [0.1, 0.15) is 11.8 Å². The van der Waals surface area contributed by atoms with Gasteiger partial charge in [-0.15, -0.1) is 0 Å². The zero-order valence-electron chi connectivity index (χ0n) is 20.6. The molecule has 1 aliphatic carbocycles. The number of carboxylic acids is 1. The maximum Gasteiger partial charge on any atom is 0.337 e. The summed E-state index contributed by atoms with van der Waals surface area (Å²) in [7, 11) is 0. The summed E-state index contributed by atoms with van der Waals surface area (Å²) in [5.74, 6) is -0.979. The molecule has 0 bridgehead atoms. The van der Waals surface area contributed by atoms with E-state index in [1.807, 2.05) is 36.4 Å². The standard InChI is InChI=1S/C31H26N4O3/c32-17-21-9-8-19(18-33-21)24-5-3-7-29-30(24)26-4-1-2-6-28(26)35(29)22-12-15-25(31(37)38)27(16-22)34-20-10-13-23(36)14-11-20/h1-9,12,15-16,18,20,23,34,36H,10-11,13-14H2,(H,37,38). The minimum absolute atomic E-state index is 0.111. The molecule has 0 saturated heterocycles. The predicted molar refractivity (Wildman–Crippen MR) is 148 cm³/mol. The van der Waals surface area contributed by atoms with Crippen LogP contribution in [0.4, 0.5) is 5.69 Å². The van der Waals surface area contributed by atoms with Crippen LogP contribution in [0.25, 0.3) is 38.6 Å². The summed E-state index contributed by atoms with van der Waals surface area (Å²) >= 11 is 0. The van der Waals surface area contributed by atoms with Crippen LogP contribution in [-0.4, -0.2) is 37.9 Å². The van der Waals surface area contributed by atoms with Crippen molar-refractivity contribution in [1.82, 2.24) is 9.55 Å². The number of nitrogens with zero attached hydrogens (tertiary/aromatic N) is 3. The predicted octanol–water partition coefficient (Wildman–Crippen LogP) is 6.13. The first kappa shape index (κ1) is 23.7. The summed E-state index contributed by atoms with van der Waals surface area (Å²) in [6, 6.07) is 25.5. The normalized spacial score (nSPS) is 17.4. The van der Waals surface area contributed by atoms with Crippen molar-refractivity contribution in [1.29, 1.82) is 5.26 Å². The molecule has 38 heavy (non-hydrogen) atoms. The highest BCUT2D eigenvalue weighted by molar-refractivity contribution is 6.15. The fourth-order valence-electron chi connectivity index (χ4n) is 5.57. The number of nitriles is 1. The van der Waals surface area contributed by atoms with E-state index in [4.69, 9.17) is 5.26 Å². The number of aromatic carboxylic acids is 1. The average molecular weight is 503 g/mol. The molecule has 2 heterocycles. The van der Waals surface area contributed by atoms with Crippen LogP contribution < -0.4 is 5.32 Å². The second kappa shape index (κ2) is 9.66. The molecule has 0 radical (unpaired) electrons. The third-order valence-corrected chi connectivity index (χ3v) is 7.43. The first-order valence-electron chi connectivity index (χ1n) is 12.7. The van der Waals surface area contributed by atoms with Crippen LogP contribution in [0.2, 0.25) is 0 Å². The molecule has 5 aromatic rings. The molecule has 1 fully saturated rings. The summed E-state index contributed by atoms with van der Waals surface area (Å²) in [6.07, 6.45) is 4.45. The van der Waals surface area contributed by atoms with E-state index < -0.39 is 5.97 Å². The maximum absolute atomic E-state index is 12.1. The van der Waals surface area contributed by atoms with Crippen LogP contribution in [0.1, 0.15) is 41.7 Å². The van der Waals surface area contributed by atoms with E-state index in [0.29, 0.717) is 24.2 Å². The van der Waals surface area contributed by atoms with Crippen molar-refractivity contribution in [3.05, 3.63) is 90.3 Å². The Morgan fingerprint density at radius 3 is 2.50 bits per heavy atom. The lowest BCUT2D eigenvalue weighted by molar-refractivity contribution is 0.0697. The van der Waals surface area contributed by atoms with E-state index in [1.54, 1.807) is 18.3 Å². The average Bonchev–Trinajstić information content (AvgIpc) is 3.29. The molecule has 2 aromatic heterocycles. The Labute approximate surface area is 219 Å². The van der Waals surface area contributed by atoms with E-state index in [0.717, 1.165) is 51.5 Å². The first-order valence-corrected chi connectivity index (χ1v) is 12.7. The molecule has 0 spiro atoms. The van der Waals surface area contributed by atoms with Crippen LogP contribution in [-0.2, 0) is 0 Å². The molecule has 1 aliphatic rings. The molecule has 0 atom stereocenters. The van der Waals surface area contributed by atoms with Crippen molar-refractivity contribution in [3.63, 3.8) is 0 Å². The number of nitrogens with one attached hydrogen (secondary N) is 1. The highest BCUT2D eigenvalue weighted by Crippen LogP contribution is 2.39. The zero-order chi connectivity index (χ0) is 26.2. The lowest BCUT2D eigenvalue weighted by Crippen LogP contribution is -2.28. The maximum atomic E-state index is 12.1. The number of hydrogen-bond donors (Lipinski definition) is 3. The van der Waals surface area contributed by atoms with Crippen molar-refractivity contribution < 1.29 is 15.0 Å². The molecule has 7 nitrogen and oxygen atoms in total. The lowest BCUT2D eigenvalue weighted by Gasteiger charge is -2.28. The number of aliphatic hydroxyl groups excluding tert-OH is 1. The van der Waals surface area contributed by atoms with Crippen molar-refractivity contribution in [3.8, 4) is 22.9 Å². The summed E-state index contributed by atoms with van der Waals surface area (Å²) in [5, 5.41) is 34.5. The van der Waals surface area contributed by atoms with E-state index in [1.165, 1.54) is 0 Å². The Bertz CT molecular complexity index is 1710. The highest BCUT2D eigenvalue weighted by atomic mass is 16.4. The Balaban J connectivity index is 1.53. The van der Waals surface area contributed by atoms with E-state index in [2.05, 4.69) is 45.2 Å². The van der Waals surface area contributed by atoms with Gasteiger partial charge in [0.05, 0.1) is 28.4 Å². The Morgan fingerprint density at radius 1 is 0.974 bits per heavy atom. The largest absolute Gasteiger partial charge is 0.478 e. The molecule has 3 N–H and O–H groups in total. The fourth-order valence-corrected chi connectivity index (χ4v) is 5.57. The van der Waals surface area contributed by atoms with Crippen LogP contribution >= 0.6 is 0 Å². The molecule has 7 heteroatoms. The Hall–Kier alpha value is -4.67. The number of hydrogen-bond acceptors (Lipinski definition) is 5. The zero-order valence-corrected chi connectivity index (χ0v) is 20.6. The van der Waals surface area contributed by atoms with E-state index in [-0.39, 0.29) is 17.7 Å². The minimum Gasteiger partial charge on any atom is -0.478 e. The van der Waals surface area contributed by atoms with Gasteiger partial charge in [-0.2, -0.15) is 5.26 Å². The summed E-state index contributed by atoms with van der Waals surface area (Å²) in [4.78, 5) is 16.3. The van der Waals surface area contributed by atoms with Crippen LogP contribution in [0, 0.1) is 11.3 Å². The molecule has 0 aliphatic heterocycles. The number of pyridine rings is 1. The van der Waals surface area contributed by atoms with Crippen molar-refractivity contribution in [2.75, 3.05) is 5.32 Å². The molecule has 1 saturated carbocycles. The van der Waals surface area contributed by atoms with Crippen LogP contribution in [0.5, 0.6) is 0 Å². The number of anilines is 1. The van der Waals surface area contributed by atoms with Gasteiger partial charge in [-0.1, -0.05) is 30.3 Å². The molecule has 0 unspecified atom stereocenters. The van der Waals surface area contributed by atoms with Gasteiger partial charge in [0.15, 0.2) is 0 Å². The quantitative estimate of drug-likeness (QED) is 0.267. The van der Waals surface area contributed by atoms with Crippen molar-refractivity contribution in [2.45, 2.75) is 37.8 Å². The Morgan fingerprint density at radius 2 is 1.76 bits per heavy atom. The number of fused-ring (bicyclic) bond motifs is 3. The van der Waals surface area contributed by atoms with Crippen molar-refractivity contribution in [2.24, 2.45) is 0 Å². The van der Waals surface area contributed by atoms with Gasteiger partial charge >= 0.3 is 5.97 Å². The number of carboxylic acid groups (broad SMARTS) is 1. The number of aliphatic hydroxyl groups is 1. The Kier molecular flexibility index (Phi) is 6.02. The summed E-state index contributed by atoms with van der Waals surface area (Å²) in [5.41, 5.74) is 5.95. The van der Waals surface area contributed by atoms with Gasteiger partial charge in [-0.3, -0.25) is 0 Å². The van der Waals surface area contributed by atoms with Gasteiger partial charge in [-0.25, -0.2) is 9.78 Å². The molecule has 6 rings (SSSR count). The number of aromatic nitrogens is 2. The van der Waals surface area contributed by atoms with E-state index >= 15 is 0 Å². The van der Waals surface area contributed by atoms with Gasteiger partial charge in [0.2, 0.25) is 0 Å². The molecular weight excluding hydrogens is 476 g/mol. The highest BCUT2D eigenvalue weighted by Gasteiger charge is 2.22. The monoisotopic (exact) mass is 502 g/mol. The number of para-hydroxylation sites is 1. The van der Waals surface area contributed by atoms with Gasteiger partial charge in [0.25, 0.3) is 0 Å². The minimum atomic E-state index is -0.979. The van der Waals surface area contributed by atoms with Gasteiger partial charge < -0.3 is 20.1 Å². The van der Waals surface area contributed by atoms with E-state index in [9.17, 15) is 15.0 Å². The van der Waals surface area contributed by atoms with Crippen molar-refractivity contribution >= 4 is 33.5 Å². The molecule has 188 valence electrons. The lowest BCUT2D eigenvalue weighted by atomic mass is 9.92. The molecule has 3 aromatic carbocycles. The smallest absolute Gasteiger partial charge is 0.337 e. The number of carbonyl (C=O) groups is 1. The SMILES string of the molecule is N#Cc1ccc(-c2cccc3c2c2ccccc2n3-c2ccc(C(=O)O)c(NC3CCC(O)CC3)c2)cn1. The molecular formula is C31H26N4O3. The third kappa shape index (κ3) is 4.15. The van der Waals surface area contributed by atoms with Crippen LogP contribution in [0.15, 0.2) is 79.0 Å². The first-order chi connectivity index (χ1) is 18.5. The second-order valence-corrected chi connectivity index (χ2v) is 9.78. The fraction of sp³-hybridized carbons (Fsp3) is 0.194. The number of benzene rings is 3. The topological polar surface area (TPSA) is 111 Å². The summed E-state index contributed by atoms with van der Waals surface area (Å²) in [6.45, 7) is 0. The third-order valence-electron chi connectivity index (χ3n) is 7.43. The van der Waals surface area contributed by atoms with Gasteiger partial charge in [-0.05, 0) is 73.7 Å². The van der Waals surface area contributed by atoms with Gasteiger partial charge in [0, 0.05) is 34.3 Å².